The lowest BCUT2D eigenvalue weighted by Gasteiger charge is -2.23. The van der Waals surface area contributed by atoms with E-state index in [1.54, 1.807) is 7.11 Å². The van der Waals surface area contributed by atoms with Gasteiger partial charge in [0.2, 0.25) is 0 Å². The van der Waals surface area contributed by atoms with Crippen LogP contribution >= 0.6 is 0 Å². The molecule has 0 bridgehead atoms. The zero-order valence-corrected chi connectivity index (χ0v) is 13.8. The maximum absolute atomic E-state index is 5.44. The number of pyridine rings is 2. The third-order valence-corrected chi connectivity index (χ3v) is 4.10. The molecule has 0 saturated carbocycles. The first-order valence-corrected chi connectivity index (χ1v) is 7.73. The topological polar surface area (TPSA) is 38.2 Å². The average molecular weight is 307 g/mol. The highest BCUT2D eigenvalue weighted by Crippen LogP contribution is 2.33. The normalized spacial score (nSPS) is 10.7. The smallest absolute Gasteiger partial charge is 0.145 e. The van der Waals surface area contributed by atoms with Crippen molar-refractivity contribution in [2.24, 2.45) is 0 Å². The lowest BCUT2D eigenvalue weighted by molar-refractivity contribution is 0.419. The highest BCUT2D eigenvalue weighted by atomic mass is 16.5. The summed E-state index contributed by atoms with van der Waals surface area (Å²) in [6.07, 6.45) is 6.58. The summed E-state index contributed by atoms with van der Waals surface area (Å²) < 4.78 is 5.44. The van der Waals surface area contributed by atoms with Crippen LogP contribution in [0.3, 0.4) is 0 Å². The molecule has 0 aliphatic rings. The quantitative estimate of drug-likeness (QED) is 0.721. The monoisotopic (exact) mass is 307 g/mol. The Morgan fingerprint density at radius 2 is 1.91 bits per heavy atom. The van der Waals surface area contributed by atoms with Gasteiger partial charge in [-0.15, -0.1) is 0 Å². The first-order valence-electron chi connectivity index (χ1n) is 7.73. The Balaban J connectivity index is 1.93. The van der Waals surface area contributed by atoms with E-state index in [4.69, 9.17) is 4.74 Å². The molecule has 0 spiro atoms. The fourth-order valence-corrected chi connectivity index (χ4v) is 2.91. The highest BCUT2D eigenvalue weighted by Gasteiger charge is 2.13. The van der Waals surface area contributed by atoms with Gasteiger partial charge in [-0.3, -0.25) is 9.97 Å². The number of hydrogen-bond donors (Lipinski definition) is 0. The Bertz CT molecular complexity index is 802. The number of ether oxygens (including phenoxy) is 1. The molecule has 0 amide bonds. The summed E-state index contributed by atoms with van der Waals surface area (Å²) in [7, 11) is 3.81. The predicted molar refractivity (Wildman–Crippen MR) is 94.2 cm³/mol. The Hall–Kier alpha value is -2.62. The van der Waals surface area contributed by atoms with Gasteiger partial charge < -0.3 is 9.64 Å². The van der Waals surface area contributed by atoms with E-state index < -0.39 is 0 Å². The molecule has 1 aromatic carbocycles. The summed E-state index contributed by atoms with van der Waals surface area (Å²) in [6.45, 7) is 3.03. The van der Waals surface area contributed by atoms with Crippen molar-refractivity contribution in [2.75, 3.05) is 25.6 Å². The molecular weight excluding hydrogens is 286 g/mol. The summed E-state index contributed by atoms with van der Waals surface area (Å²) in [5.74, 6) is 0.811. The van der Waals surface area contributed by atoms with Gasteiger partial charge >= 0.3 is 0 Å². The maximum atomic E-state index is 5.44. The molecule has 0 N–H and O–H groups in total. The number of benzene rings is 1. The van der Waals surface area contributed by atoms with Crippen LogP contribution in [0.15, 0.2) is 48.9 Å². The number of aromatic nitrogens is 2. The fraction of sp³-hybridized carbons (Fsp3) is 0.263. The van der Waals surface area contributed by atoms with Gasteiger partial charge in [-0.2, -0.15) is 0 Å². The molecule has 4 heteroatoms. The van der Waals surface area contributed by atoms with Crippen molar-refractivity contribution in [2.45, 2.75) is 13.3 Å². The van der Waals surface area contributed by atoms with E-state index in [0.717, 1.165) is 29.6 Å². The molecule has 2 heterocycles. The first-order chi connectivity index (χ1) is 11.2. The van der Waals surface area contributed by atoms with Crippen LogP contribution < -0.4 is 9.64 Å². The number of hydrogen-bond acceptors (Lipinski definition) is 4. The van der Waals surface area contributed by atoms with Crippen LogP contribution in [0.25, 0.3) is 10.9 Å². The fourth-order valence-electron chi connectivity index (χ4n) is 2.91. The van der Waals surface area contributed by atoms with Crippen LogP contribution in [0.5, 0.6) is 5.75 Å². The van der Waals surface area contributed by atoms with E-state index in [0.29, 0.717) is 0 Å². The Kier molecular flexibility index (Phi) is 4.42. The van der Waals surface area contributed by atoms with Crippen molar-refractivity contribution < 1.29 is 4.74 Å². The van der Waals surface area contributed by atoms with Gasteiger partial charge in [-0.25, -0.2) is 0 Å². The van der Waals surface area contributed by atoms with E-state index in [2.05, 4.69) is 47.0 Å². The van der Waals surface area contributed by atoms with Gasteiger partial charge in [0.1, 0.15) is 11.3 Å². The van der Waals surface area contributed by atoms with Crippen LogP contribution in [0.4, 0.5) is 5.69 Å². The van der Waals surface area contributed by atoms with Crippen molar-refractivity contribution in [1.29, 1.82) is 0 Å². The first kappa shape index (κ1) is 15.3. The molecule has 0 radical (unpaired) electrons. The van der Waals surface area contributed by atoms with Gasteiger partial charge in [0.15, 0.2) is 0 Å². The minimum atomic E-state index is 0.811. The van der Waals surface area contributed by atoms with Crippen molar-refractivity contribution in [3.8, 4) is 5.75 Å². The van der Waals surface area contributed by atoms with Gasteiger partial charge in [-0.1, -0.05) is 12.1 Å². The van der Waals surface area contributed by atoms with E-state index in [-0.39, 0.29) is 0 Å². The van der Waals surface area contributed by atoms with Gasteiger partial charge in [-0.05, 0) is 42.7 Å². The van der Waals surface area contributed by atoms with Crippen molar-refractivity contribution in [3.63, 3.8) is 0 Å². The standard InChI is InChI=1S/C19H21N3O/c1-14-13-21-18-16(5-4-6-17(18)23-3)19(14)22(2)12-9-15-7-10-20-11-8-15/h4-8,10-11,13H,9,12H2,1-3H3. The van der Waals surface area contributed by atoms with Crippen molar-refractivity contribution in [1.82, 2.24) is 9.97 Å². The molecule has 0 fully saturated rings. The Labute approximate surface area is 136 Å². The number of para-hydroxylation sites is 1. The summed E-state index contributed by atoms with van der Waals surface area (Å²) in [5.41, 5.74) is 4.58. The summed E-state index contributed by atoms with van der Waals surface area (Å²) in [5, 5.41) is 1.13. The van der Waals surface area contributed by atoms with Crippen LogP contribution in [-0.2, 0) is 6.42 Å². The molecule has 0 unspecified atom stereocenters. The number of methoxy groups -OCH3 is 1. The zero-order valence-electron chi connectivity index (χ0n) is 13.8. The molecule has 0 aliphatic heterocycles. The lowest BCUT2D eigenvalue weighted by atomic mass is 10.1. The van der Waals surface area contributed by atoms with E-state index in [9.17, 15) is 0 Å². The van der Waals surface area contributed by atoms with Gasteiger partial charge in [0.05, 0.1) is 12.8 Å². The second-order valence-electron chi connectivity index (χ2n) is 5.67. The summed E-state index contributed by atoms with van der Waals surface area (Å²) >= 11 is 0. The molecule has 118 valence electrons. The zero-order chi connectivity index (χ0) is 16.2. The highest BCUT2D eigenvalue weighted by molar-refractivity contribution is 5.96. The molecule has 3 aromatic rings. The summed E-state index contributed by atoms with van der Waals surface area (Å²) in [6, 6.07) is 10.2. The molecule has 0 atom stereocenters. The van der Waals surface area contributed by atoms with Crippen LogP contribution in [0.1, 0.15) is 11.1 Å². The van der Waals surface area contributed by atoms with Gasteiger partial charge in [0.25, 0.3) is 0 Å². The van der Waals surface area contributed by atoms with Crippen LogP contribution in [-0.4, -0.2) is 30.7 Å². The minimum absolute atomic E-state index is 0.811. The van der Waals surface area contributed by atoms with E-state index in [1.165, 1.54) is 16.8 Å². The van der Waals surface area contributed by atoms with E-state index >= 15 is 0 Å². The number of nitrogens with zero attached hydrogens (tertiary/aromatic N) is 3. The Morgan fingerprint density at radius 3 is 2.65 bits per heavy atom. The van der Waals surface area contributed by atoms with Crippen LogP contribution in [0, 0.1) is 6.92 Å². The van der Waals surface area contributed by atoms with Gasteiger partial charge in [0, 0.05) is 37.6 Å². The minimum Gasteiger partial charge on any atom is -0.494 e. The summed E-state index contributed by atoms with van der Waals surface area (Å²) in [4.78, 5) is 10.9. The third kappa shape index (κ3) is 3.11. The molecular formula is C19H21N3O. The van der Waals surface area contributed by atoms with Crippen molar-refractivity contribution >= 4 is 16.6 Å². The van der Waals surface area contributed by atoms with E-state index in [1.807, 2.05) is 30.7 Å². The lowest BCUT2D eigenvalue weighted by Crippen LogP contribution is -2.21. The second-order valence-corrected chi connectivity index (χ2v) is 5.67. The number of fused-ring (bicyclic) bond motifs is 1. The average Bonchev–Trinajstić information content (AvgIpc) is 2.59. The number of likely N-dealkylation sites (N-methyl/N-ethyl adjacent to an activating group) is 1. The van der Waals surface area contributed by atoms with Crippen LogP contribution in [0.2, 0.25) is 0 Å². The molecule has 4 nitrogen and oxygen atoms in total. The SMILES string of the molecule is COc1cccc2c(N(C)CCc3ccncc3)c(C)cnc12. The third-order valence-electron chi connectivity index (χ3n) is 4.10. The molecule has 23 heavy (non-hydrogen) atoms. The van der Waals surface area contributed by atoms with Crippen molar-refractivity contribution in [3.05, 3.63) is 60.0 Å². The largest absolute Gasteiger partial charge is 0.494 e. The molecule has 3 rings (SSSR count). The second kappa shape index (κ2) is 6.65. The molecule has 0 aliphatic carbocycles. The molecule has 2 aromatic heterocycles. The number of rotatable bonds is 5. The number of anilines is 1. The Morgan fingerprint density at radius 1 is 1.13 bits per heavy atom. The number of aryl methyl sites for hydroxylation is 1. The maximum Gasteiger partial charge on any atom is 0.145 e. The predicted octanol–water partition coefficient (Wildman–Crippen LogP) is 3.63. The molecule has 0 saturated heterocycles.